The number of fused-ring (bicyclic) bond motifs is 1. The Morgan fingerprint density at radius 1 is 1.02 bits per heavy atom. The fourth-order valence-electron chi connectivity index (χ4n) is 4.16. The van der Waals surface area contributed by atoms with E-state index in [4.69, 9.17) is 23.3 Å². The summed E-state index contributed by atoms with van der Waals surface area (Å²) in [4.78, 5) is 28.4. The molecule has 0 saturated carbocycles. The maximum absolute atomic E-state index is 12.4. The first kappa shape index (κ1) is 33.0. The average Bonchev–Trinajstić information content (AvgIpc) is 3.35. The molecule has 2 aliphatic heterocycles. The quantitative estimate of drug-likeness (QED) is 0.140. The van der Waals surface area contributed by atoms with E-state index in [2.05, 4.69) is 4.90 Å². The minimum atomic E-state index is -1.64. The summed E-state index contributed by atoms with van der Waals surface area (Å²) in [7, 11) is 9.39. The Hall–Kier alpha value is -3.47. The molecule has 0 amide bonds. The maximum atomic E-state index is 12.4. The molecule has 42 heavy (non-hydrogen) atoms. The normalized spacial score (nSPS) is 15.2. The molecular formula is C30H41N4O7P. The van der Waals surface area contributed by atoms with Crippen molar-refractivity contribution in [3.8, 4) is 5.75 Å². The zero-order valence-electron chi connectivity index (χ0n) is 25.2. The van der Waals surface area contributed by atoms with Gasteiger partial charge in [0.05, 0.1) is 18.2 Å². The lowest BCUT2D eigenvalue weighted by Gasteiger charge is -2.19. The van der Waals surface area contributed by atoms with Crippen LogP contribution in [0.5, 0.6) is 5.75 Å². The van der Waals surface area contributed by atoms with Crippen molar-refractivity contribution in [2.45, 2.75) is 19.3 Å². The predicted molar refractivity (Wildman–Crippen MR) is 163 cm³/mol. The second kappa shape index (κ2) is 16.8. The summed E-state index contributed by atoms with van der Waals surface area (Å²) >= 11 is 0. The zero-order valence-corrected chi connectivity index (χ0v) is 26.1. The molecule has 0 fully saturated rings. The van der Waals surface area contributed by atoms with E-state index in [1.165, 1.54) is 0 Å². The van der Waals surface area contributed by atoms with Gasteiger partial charge in [0.2, 0.25) is 0 Å². The van der Waals surface area contributed by atoms with Crippen molar-refractivity contribution in [2.24, 2.45) is 0 Å². The molecule has 228 valence electrons. The first-order valence-electron chi connectivity index (χ1n) is 13.4. The predicted octanol–water partition coefficient (Wildman–Crippen LogP) is 4.62. The smallest absolute Gasteiger partial charge is 0.337 e. The van der Waals surface area contributed by atoms with E-state index in [9.17, 15) is 9.59 Å². The Labute approximate surface area is 249 Å². The van der Waals surface area contributed by atoms with E-state index < -0.39 is 14.5 Å². The van der Waals surface area contributed by atoms with Crippen molar-refractivity contribution in [3.05, 3.63) is 78.1 Å². The molecular weight excluding hydrogens is 559 g/mol. The largest absolute Gasteiger partial charge is 0.497 e. The lowest BCUT2D eigenvalue weighted by atomic mass is 10.1. The van der Waals surface area contributed by atoms with Crippen molar-refractivity contribution in [1.82, 2.24) is 19.0 Å². The Kier molecular flexibility index (Phi) is 13.2. The van der Waals surface area contributed by atoms with Crippen LogP contribution in [0.2, 0.25) is 0 Å². The standard InChI is InChI=1S/C23H32N3O6P.C7H9NO/c1-24(2)12-10-18-15-26(22-13-20(29-5)8-9-21(18)22)33(31-16-28-4)32-17-30-23(27)19-7-6-11-25(3)14-19;1-8-4-2-3-7(5-8)6-9/h6,8-9,11,13-15H,7,10,12,16-17H2,1-5H3;2,4-6H,3H2,1H3. The highest BCUT2D eigenvalue weighted by molar-refractivity contribution is 7.45. The molecule has 0 radical (unpaired) electrons. The van der Waals surface area contributed by atoms with Gasteiger partial charge in [-0.2, -0.15) is 0 Å². The summed E-state index contributed by atoms with van der Waals surface area (Å²) in [5, 5.41) is 1.09. The Bertz CT molecular complexity index is 1320. The number of ether oxygens (including phenoxy) is 3. The van der Waals surface area contributed by atoms with Crippen molar-refractivity contribution in [3.63, 3.8) is 0 Å². The lowest BCUT2D eigenvalue weighted by Crippen LogP contribution is -2.16. The van der Waals surface area contributed by atoms with Gasteiger partial charge in [0, 0.05) is 69.8 Å². The number of rotatable bonds is 13. The minimum Gasteiger partial charge on any atom is -0.497 e. The molecule has 0 aliphatic carbocycles. The second-order valence-corrected chi connectivity index (χ2v) is 11.3. The third kappa shape index (κ3) is 9.82. The van der Waals surface area contributed by atoms with Gasteiger partial charge < -0.3 is 28.9 Å². The summed E-state index contributed by atoms with van der Waals surface area (Å²) in [6, 6.07) is 5.93. The van der Waals surface area contributed by atoms with Crippen molar-refractivity contribution in [1.29, 1.82) is 0 Å². The van der Waals surface area contributed by atoms with E-state index in [1.54, 1.807) is 20.4 Å². The van der Waals surface area contributed by atoms with E-state index in [0.717, 1.165) is 53.5 Å². The second-order valence-electron chi connectivity index (χ2n) is 9.87. The van der Waals surface area contributed by atoms with Crippen LogP contribution in [0.25, 0.3) is 10.9 Å². The van der Waals surface area contributed by atoms with Crippen LogP contribution in [0.1, 0.15) is 18.4 Å². The number of carbonyl (C=O) groups excluding carboxylic acids is 2. The molecule has 1 atom stereocenters. The Morgan fingerprint density at radius 2 is 1.74 bits per heavy atom. The van der Waals surface area contributed by atoms with Crippen molar-refractivity contribution >= 4 is 31.7 Å². The molecule has 3 heterocycles. The number of likely N-dealkylation sites (N-methyl/N-ethyl adjacent to an activating group) is 1. The van der Waals surface area contributed by atoms with Crippen LogP contribution >= 0.6 is 8.53 Å². The zero-order chi connectivity index (χ0) is 30.5. The van der Waals surface area contributed by atoms with E-state index in [1.807, 2.05) is 97.5 Å². The molecule has 1 aromatic carbocycles. The van der Waals surface area contributed by atoms with Crippen LogP contribution in [0.3, 0.4) is 0 Å². The van der Waals surface area contributed by atoms with Crippen LogP contribution in [0, 0.1) is 0 Å². The highest BCUT2D eigenvalue weighted by atomic mass is 31.2. The Morgan fingerprint density at radius 3 is 2.36 bits per heavy atom. The van der Waals surface area contributed by atoms with E-state index in [0.29, 0.717) is 12.0 Å². The first-order valence-corrected chi connectivity index (χ1v) is 14.6. The summed E-state index contributed by atoms with van der Waals surface area (Å²) in [5.74, 6) is 0.314. The fraction of sp³-hybridized carbons (Fsp3) is 0.400. The number of hydrogen-bond donors (Lipinski definition) is 0. The van der Waals surface area contributed by atoms with Gasteiger partial charge in [0.15, 0.2) is 13.6 Å². The number of allylic oxidation sites excluding steroid dienone is 3. The topological polar surface area (TPSA) is 94.9 Å². The molecule has 12 heteroatoms. The van der Waals surface area contributed by atoms with Crippen LogP contribution in [0.4, 0.5) is 0 Å². The van der Waals surface area contributed by atoms with Crippen LogP contribution < -0.4 is 4.74 Å². The fourth-order valence-corrected chi connectivity index (χ4v) is 5.39. The monoisotopic (exact) mass is 600 g/mol. The third-order valence-electron chi connectivity index (χ3n) is 6.23. The van der Waals surface area contributed by atoms with E-state index in [-0.39, 0.29) is 13.6 Å². The Balaban J connectivity index is 0.000000458. The molecule has 0 bridgehead atoms. The number of nitrogens with zero attached hydrogens (tertiary/aromatic N) is 4. The van der Waals surface area contributed by atoms with E-state index >= 15 is 0 Å². The molecule has 4 rings (SSSR count). The summed E-state index contributed by atoms with van der Waals surface area (Å²) in [6.07, 6.45) is 16.3. The molecule has 1 aromatic heterocycles. The number of methoxy groups -OCH3 is 2. The molecule has 0 spiro atoms. The molecule has 2 aliphatic rings. The number of aromatic nitrogens is 1. The minimum absolute atomic E-state index is 0.0388. The molecule has 2 aromatic rings. The molecule has 11 nitrogen and oxygen atoms in total. The van der Waals surface area contributed by atoms with Crippen LogP contribution in [-0.4, -0.2) is 93.8 Å². The summed E-state index contributed by atoms with van der Waals surface area (Å²) in [6.45, 7) is 0.700. The van der Waals surface area contributed by atoms with Crippen LogP contribution in [-0.2, 0) is 34.5 Å². The highest BCUT2D eigenvalue weighted by Gasteiger charge is 2.22. The van der Waals surface area contributed by atoms with Gasteiger partial charge in [-0.3, -0.25) is 18.2 Å². The third-order valence-corrected chi connectivity index (χ3v) is 7.56. The van der Waals surface area contributed by atoms with Gasteiger partial charge in [-0.05, 0) is 57.0 Å². The van der Waals surface area contributed by atoms with Gasteiger partial charge in [-0.1, -0.05) is 12.2 Å². The number of aldehydes is 1. The van der Waals surface area contributed by atoms with Crippen molar-refractivity contribution < 1.29 is 32.8 Å². The van der Waals surface area contributed by atoms with Crippen molar-refractivity contribution in [2.75, 3.05) is 62.5 Å². The lowest BCUT2D eigenvalue weighted by molar-refractivity contribution is -0.145. The molecule has 1 unspecified atom stereocenters. The number of esters is 1. The highest BCUT2D eigenvalue weighted by Crippen LogP contribution is 2.45. The first-order chi connectivity index (χ1) is 20.2. The van der Waals surface area contributed by atoms with Gasteiger partial charge in [0.1, 0.15) is 12.0 Å². The van der Waals surface area contributed by atoms with Gasteiger partial charge >= 0.3 is 5.97 Å². The van der Waals surface area contributed by atoms with Gasteiger partial charge in [-0.25, -0.2) is 4.79 Å². The van der Waals surface area contributed by atoms with Gasteiger partial charge in [0.25, 0.3) is 8.53 Å². The van der Waals surface area contributed by atoms with Crippen LogP contribution in [0.15, 0.2) is 72.5 Å². The SMILES string of the molecule is CN1C=CCC(C=O)=C1.COCOP(OCOC(=O)C1=CN(C)C=CC1)n1cc(CCN(C)C)c2ccc(OC)cc21. The molecule has 0 N–H and O–H groups in total. The van der Waals surface area contributed by atoms with Gasteiger partial charge in [-0.15, -0.1) is 0 Å². The average molecular weight is 601 g/mol. The number of carbonyl (C=O) groups is 2. The summed E-state index contributed by atoms with van der Waals surface area (Å²) in [5.41, 5.74) is 3.48. The number of benzene rings is 1. The number of hydrogen-bond acceptors (Lipinski definition) is 10. The molecule has 0 saturated heterocycles. The summed E-state index contributed by atoms with van der Waals surface area (Å²) < 4.78 is 29.6. The maximum Gasteiger partial charge on any atom is 0.337 e.